The molecule has 0 radical (unpaired) electrons. The summed E-state index contributed by atoms with van der Waals surface area (Å²) in [4.78, 5) is 25.6. The Morgan fingerprint density at radius 3 is 2.30 bits per heavy atom. The Labute approximate surface area is 184 Å². The summed E-state index contributed by atoms with van der Waals surface area (Å²) in [6.45, 7) is 2.82. The molecule has 11 heteroatoms. The molecular weight excluding hydrogens is 456 g/mol. The molecule has 2 aromatic rings. The molecule has 162 valence electrons. The van der Waals surface area contributed by atoms with Crippen molar-refractivity contribution in [2.75, 3.05) is 18.9 Å². The fourth-order valence-electron chi connectivity index (χ4n) is 2.50. The minimum Gasteiger partial charge on any atom is -0.332 e. The molecule has 0 unspecified atom stereocenters. The lowest BCUT2D eigenvalue weighted by Gasteiger charge is -2.18. The first-order valence-electron chi connectivity index (χ1n) is 8.73. The summed E-state index contributed by atoms with van der Waals surface area (Å²) in [6, 6.07) is 7.16. The number of benzene rings is 2. The number of sulfonamides is 1. The van der Waals surface area contributed by atoms with Gasteiger partial charge in [0, 0.05) is 13.1 Å². The minimum atomic E-state index is -3.93. The summed E-state index contributed by atoms with van der Waals surface area (Å²) in [5, 5.41) is 2.92. The van der Waals surface area contributed by atoms with Crippen LogP contribution in [0.2, 0.25) is 10.0 Å². The molecule has 2 N–H and O–H groups in total. The molecule has 0 spiro atoms. The minimum absolute atomic E-state index is 0.186. The third-order valence-corrected chi connectivity index (χ3v) is 6.11. The van der Waals surface area contributed by atoms with Gasteiger partial charge in [0.15, 0.2) is 0 Å². The van der Waals surface area contributed by atoms with E-state index in [1.165, 1.54) is 19.2 Å². The Kier molecular flexibility index (Phi) is 7.81. The lowest BCUT2D eigenvalue weighted by atomic mass is 10.2. The molecule has 0 atom stereocenters. The number of amides is 2. The lowest BCUT2D eigenvalue weighted by Crippen LogP contribution is -2.36. The first-order chi connectivity index (χ1) is 13.9. The lowest BCUT2D eigenvalue weighted by molar-refractivity contribution is -0.116. The highest BCUT2D eigenvalue weighted by Crippen LogP contribution is 2.29. The Balaban J connectivity index is 2.19. The smallest absolute Gasteiger partial charge is 0.257 e. The number of carbonyl (C=O) groups is 2. The molecule has 0 heterocycles. The molecule has 30 heavy (non-hydrogen) atoms. The van der Waals surface area contributed by atoms with Crippen molar-refractivity contribution in [3.63, 3.8) is 0 Å². The Morgan fingerprint density at radius 2 is 1.73 bits per heavy atom. The van der Waals surface area contributed by atoms with E-state index in [0.717, 1.165) is 23.1 Å². The van der Waals surface area contributed by atoms with E-state index in [1.54, 1.807) is 19.9 Å². The molecule has 0 fully saturated rings. The SMILES string of the molecule is CC(C)NS(=O)(=O)c1ccc(F)c(C(=O)N(C)CC(=O)Nc2c(Cl)cccc2Cl)c1. The number of hydrogen-bond acceptors (Lipinski definition) is 4. The van der Waals surface area contributed by atoms with Gasteiger partial charge in [-0.1, -0.05) is 29.3 Å². The van der Waals surface area contributed by atoms with Gasteiger partial charge in [-0.25, -0.2) is 17.5 Å². The van der Waals surface area contributed by atoms with Gasteiger partial charge >= 0.3 is 0 Å². The van der Waals surface area contributed by atoms with Crippen LogP contribution >= 0.6 is 23.2 Å². The second kappa shape index (κ2) is 9.74. The normalized spacial score (nSPS) is 11.4. The number of likely N-dealkylation sites (N-methyl/N-ethyl adjacent to an activating group) is 1. The van der Waals surface area contributed by atoms with Crippen LogP contribution in [0.5, 0.6) is 0 Å². The van der Waals surface area contributed by atoms with Crippen molar-refractivity contribution in [1.29, 1.82) is 0 Å². The average Bonchev–Trinajstić information content (AvgIpc) is 2.63. The maximum atomic E-state index is 14.2. The summed E-state index contributed by atoms with van der Waals surface area (Å²) in [5.74, 6) is -2.40. The van der Waals surface area contributed by atoms with Crippen LogP contribution in [0.25, 0.3) is 0 Å². The van der Waals surface area contributed by atoms with Crippen LogP contribution in [-0.4, -0.2) is 44.8 Å². The van der Waals surface area contributed by atoms with Crippen molar-refractivity contribution in [2.45, 2.75) is 24.8 Å². The van der Waals surface area contributed by atoms with Crippen molar-refractivity contribution >= 4 is 50.7 Å². The molecule has 2 rings (SSSR count). The Bertz CT molecular complexity index is 1060. The molecule has 0 aromatic heterocycles. The van der Waals surface area contributed by atoms with E-state index in [-0.39, 0.29) is 26.7 Å². The highest BCUT2D eigenvalue weighted by atomic mass is 35.5. The average molecular weight is 476 g/mol. The predicted octanol–water partition coefficient (Wildman–Crippen LogP) is 3.53. The molecule has 2 amide bonds. The van der Waals surface area contributed by atoms with Gasteiger partial charge < -0.3 is 10.2 Å². The number of carbonyl (C=O) groups excluding carboxylic acids is 2. The number of anilines is 1. The van der Waals surface area contributed by atoms with E-state index < -0.39 is 39.8 Å². The van der Waals surface area contributed by atoms with Gasteiger partial charge in [0.1, 0.15) is 5.82 Å². The zero-order chi connectivity index (χ0) is 22.6. The zero-order valence-electron chi connectivity index (χ0n) is 16.4. The molecule has 0 saturated carbocycles. The van der Waals surface area contributed by atoms with Gasteiger partial charge in [0.05, 0.1) is 32.7 Å². The van der Waals surface area contributed by atoms with Gasteiger partial charge in [-0.2, -0.15) is 0 Å². The topological polar surface area (TPSA) is 95.6 Å². The van der Waals surface area contributed by atoms with Crippen molar-refractivity contribution in [3.8, 4) is 0 Å². The number of rotatable bonds is 7. The van der Waals surface area contributed by atoms with Crippen molar-refractivity contribution in [1.82, 2.24) is 9.62 Å². The largest absolute Gasteiger partial charge is 0.332 e. The van der Waals surface area contributed by atoms with Crippen molar-refractivity contribution in [3.05, 3.63) is 57.8 Å². The summed E-state index contributed by atoms with van der Waals surface area (Å²) in [6.07, 6.45) is 0. The van der Waals surface area contributed by atoms with Gasteiger partial charge in [-0.05, 0) is 44.2 Å². The summed E-state index contributed by atoms with van der Waals surface area (Å²) in [5.41, 5.74) is -0.293. The van der Waals surface area contributed by atoms with Crippen LogP contribution in [-0.2, 0) is 14.8 Å². The number of para-hydroxylation sites is 1. The van der Waals surface area contributed by atoms with E-state index in [2.05, 4.69) is 10.0 Å². The summed E-state index contributed by atoms with van der Waals surface area (Å²) in [7, 11) is -2.65. The van der Waals surface area contributed by atoms with Crippen LogP contribution in [0.1, 0.15) is 24.2 Å². The van der Waals surface area contributed by atoms with Crippen LogP contribution in [0.4, 0.5) is 10.1 Å². The molecule has 0 bridgehead atoms. The molecule has 0 aliphatic carbocycles. The number of hydrogen-bond donors (Lipinski definition) is 2. The Morgan fingerprint density at radius 1 is 1.13 bits per heavy atom. The van der Waals surface area contributed by atoms with Crippen molar-refractivity contribution < 1.29 is 22.4 Å². The van der Waals surface area contributed by atoms with E-state index in [0.29, 0.717) is 0 Å². The zero-order valence-corrected chi connectivity index (χ0v) is 18.7. The summed E-state index contributed by atoms with van der Waals surface area (Å²) >= 11 is 12.0. The van der Waals surface area contributed by atoms with E-state index in [1.807, 2.05) is 0 Å². The number of nitrogens with zero attached hydrogens (tertiary/aromatic N) is 1. The highest BCUT2D eigenvalue weighted by molar-refractivity contribution is 7.89. The highest BCUT2D eigenvalue weighted by Gasteiger charge is 2.23. The monoisotopic (exact) mass is 475 g/mol. The fraction of sp³-hybridized carbons (Fsp3) is 0.263. The number of nitrogens with one attached hydrogen (secondary N) is 2. The third-order valence-electron chi connectivity index (χ3n) is 3.82. The molecule has 0 aliphatic heterocycles. The van der Waals surface area contributed by atoms with Gasteiger partial charge in [0.25, 0.3) is 5.91 Å². The van der Waals surface area contributed by atoms with E-state index >= 15 is 0 Å². The molecule has 2 aromatic carbocycles. The van der Waals surface area contributed by atoms with E-state index in [4.69, 9.17) is 23.2 Å². The third kappa shape index (κ3) is 5.91. The molecule has 0 aliphatic rings. The maximum Gasteiger partial charge on any atom is 0.257 e. The molecular formula is C19H20Cl2FN3O4S. The Hall–Kier alpha value is -2.20. The number of halogens is 3. The van der Waals surface area contributed by atoms with Gasteiger partial charge in [0.2, 0.25) is 15.9 Å². The second-order valence-electron chi connectivity index (χ2n) is 6.72. The maximum absolute atomic E-state index is 14.2. The fourth-order valence-corrected chi connectivity index (χ4v) is 4.27. The van der Waals surface area contributed by atoms with Crippen LogP contribution in [0, 0.1) is 5.82 Å². The predicted molar refractivity (Wildman–Crippen MR) is 114 cm³/mol. The molecule has 7 nitrogen and oxygen atoms in total. The van der Waals surface area contributed by atoms with E-state index in [9.17, 15) is 22.4 Å². The van der Waals surface area contributed by atoms with Crippen LogP contribution < -0.4 is 10.0 Å². The van der Waals surface area contributed by atoms with Gasteiger partial charge in [-0.15, -0.1) is 0 Å². The van der Waals surface area contributed by atoms with Crippen LogP contribution in [0.3, 0.4) is 0 Å². The van der Waals surface area contributed by atoms with Gasteiger partial charge in [-0.3, -0.25) is 9.59 Å². The molecule has 0 saturated heterocycles. The van der Waals surface area contributed by atoms with Crippen LogP contribution in [0.15, 0.2) is 41.3 Å². The standard InChI is InChI=1S/C19H20Cl2FN3O4S/c1-11(2)24-30(28,29)12-7-8-16(22)13(9-12)19(27)25(3)10-17(26)23-18-14(20)5-4-6-15(18)21/h4-9,11,24H,10H2,1-3H3,(H,23,26). The summed E-state index contributed by atoms with van der Waals surface area (Å²) < 4.78 is 41.2. The first-order valence-corrected chi connectivity index (χ1v) is 11.0. The first kappa shape index (κ1) is 24.1. The van der Waals surface area contributed by atoms with Crippen molar-refractivity contribution in [2.24, 2.45) is 0 Å². The quantitative estimate of drug-likeness (QED) is 0.639. The second-order valence-corrected chi connectivity index (χ2v) is 9.25.